The van der Waals surface area contributed by atoms with Crippen molar-refractivity contribution in [1.29, 1.82) is 0 Å². The Morgan fingerprint density at radius 3 is 2.68 bits per heavy atom. The van der Waals surface area contributed by atoms with Crippen molar-refractivity contribution in [1.82, 2.24) is 10.2 Å². The average molecular weight is 268 g/mol. The summed E-state index contributed by atoms with van der Waals surface area (Å²) in [5.74, 6) is 1.93. The van der Waals surface area contributed by atoms with Gasteiger partial charge in [-0.1, -0.05) is 19.8 Å². The summed E-state index contributed by atoms with van der Waals surface area (Å²) < 4.78 is 0. The molecule has 0 amide bonds. The summed E-state index contributed by atoms with van der Waals surface area (Å²) in [7, 11) is 0. The summed E-state index contributed by atoms with van der Waals surface area (Å²) in [5, 5.41) is 12.6. The first-order chi connectivity index (χ1) is 9.22. The van der Waals surface area contributed by atoms with Crippen LogP contribution in [0.1, 0.15) is 52.4 Å². The third kappa shape index (κ3) is 5.05. The molecule has 19 heavy (non-hydrogen) atoms. The van der Waals surface area contributed by atoms with E-state index in [9.17, 15) is 0 Å². The first-order valence-electron chi connectivity index (χ1n) is 8.31. The van der Waals surface area contributed by atoms with Crippen LogP contribution in [0.4, 0.5) is 0 Å². The fraction of sp³-hybridized carbons (Fsp3) is 1.00. The highest BCUT2D eigenvalue weighted by Gasteiger charge is 2.33. The summed E-state index contributed by atoms with van der Waals surface area (Å²) in [6, 6.07) is 1.35. The van der Waals surface area contributed by atoms with Crippen LogP contribution in [0.25, 0.3) is 0 Å². The first kappa shape index (κ1) is 15.3. The highest BCUT2D eigenvalue weighted by Crippen LogP contribution is 2.38. The Hall–Kier alpha value is -0.120. The minimum atomic E-state index is 0.306. The maximum Gasteiger partial charge on any atom is 0.0443 e. The smallest absolute Gasteiger partial charge is 0.0443 e. The number of rotatable bonds is 8. The predicted molar refractivity (Wildman–Crippen MR) is 80.3 cm³/mol. The van der Waals surface area contributed by atoms with Gasteiger partial charge in [0.2, 0.25) is 0 Å². The lowest BCUT2D eigenvalue weighted by Crippen LogP contribution is -2.52. The van der Waals surface area contributed by atoms with Crippen molar-refractivity contribution in [3.63, 3.8) is 0 Å². The molecule has 1 heterocycles. The number of nitrogens with zero attached hydrogens (tertiary/aromatic N) is 1. The number of aliphatic hydroxyl groups is 1. The quantitative estimate of drug-likeness (QED) is 0.663. The van der Waals surface area contributed by atoms with Gasteiger partial charge in [-0.05, 0) is 51.0 Å². The van der Waals surface area contributed by atoms with Gasteiger partial charge in [-0.25, -0.2) is 0 Å². The van der Waals surface area contributed by atoms with Gasteiger partial charge in [-0.3, -0.25) is 4.90 Å². The van der Waals surface area contributed by atoms with E-state index in [0.717, 1.165) is 24.8 Å². The molecular weight excluding hydrogens is 236 g/mol. The monoisotopic (exact) mass is 268 g/mol. The average Bonchev–Trinajstić information content (AvgIpc) is 3.22. The Labute approximate surface area is 118 Å². The van der Waals surface area contributed by atoms with Crippen molar-refractivity contribution >= 4 is 0 Å². The van der Waals surface area contributed by atoms with E-state index in [0.29, 0.717) is 18.7 Å². The highest BCUT2D eigenvalue weighted by molar-refractivity contribution is 4.88. The molecule has 2 aliphatic rings. The molecule has 2 N–H and O–H groups in total. The third-order valence-corrected chi connectivity index (χ3v) is 4.91. The lowest BCUT2D eigenvalue weighted by atomic mass is 9.88. The molecule has 1 saturated heterocycles. The van der Waals surface area contributed by atoms with Gasteiger partial charge in [-0.15, -0.1) is 0 Å². The number of hydrogen-bond donors (Lipinski definition) is 2. The van der Waals surface area contributed by atoms with Crippen molar-refractivity contribution in [2.45, 2.75) is 64.5 Å². The Kier molecular flexibility index (Phi) is 6.11. The summed E-state index contributed by atoms with van der Waals surface area (Å²) >= 11 is 0. The Morgan fingerprint density at radius 1 is 1.26 bits per heavy atom. The molecule has 3 heteroatoms. The normalized spacial score (nSPS) is 30.5. The van der Waals surface area contributed by atoms with E-state index in [4.69, 9.17) is 5.11 Å². The number of likely N-dealkylation sites (tertiary alicyclic amines) is 1. The van der Waals surface area contributed by atoms with E-state index in [2.05, 4.69) is 24.1 Å². The number of piperidine rings is 1. The molecule has 0 aromatic carbocycles. The van der Waals surface area contributed by atoms with Crippen molar-refractivity contribution in [2.75, 3.05) is 26.2 Å². The molecule has 2 rings (SSSR count). The van der Waals surface area contributed by atoms with E-state index >= 15 is 0 Å². The van der Waals surface area contributed by atoms with Gasteiger partial charge in [-0.2, -0.15) is 0 Å². The zero-order chi connectivity index (χ0) is 13.7. The van der Waals surface area contributed by atoms with Crippen LogP contribution in [0.15, 0.2) is 0 Å². The fourth-order valence-electron chi connectivity index (χ4n) is 3.39. The minimum absolute atomic E-state index is 0.306. The molecule has 0 aromatic heterocycles. The Morgan fingerprint density at radius 2 is 2.05 bits per heavy atom. The molecule has 1 saturated carbocycles. The molecule has 3 unspecified atom stereocenters. The van der Waals surface area contributed by atoms with E-state index in [-0.39, 0.29) is 0 Å². The van der Waals surface area contributed by atoms with Gasteiger partial charge in [0.1, 0.15) is 0 Å². The van der Waals surface area contributed by atoms with Crippen molar-refractivity contribution in [3.8, 4) is 0 Å². The molecule has 0 radical (unpaired) electrons. The second-order valence-electron chi connectivity index (χ2n) is 6.72. The Balaban J connectivity index is 1.82. The van der Waals surface area contributed by atoms with E-state index in [1.165, 1.54) is 45.2 Å². The predicted octanol–water partition coefficient (Wildman–Crippen LogP) is 2.25. The molecule has 2 fully saturated rings. The zero-order valence-corrected chi connectivity index (χ0v) is 12.8. The number of aliphatic hydroxyl groups excluding tert-OH is 1. The fourth-order valence-corrected chi connectivity index (χ4v) is 3.39. The number of hydrogen-bond acceptors (Lipinski definition) is 3. The summed E-state index contributed by atoms with van der Waals surface area (Å²) in [5.41, 5.74) is 0. The van der Waals surface area contributed by atoms with Gasteiger partial charge in [0.05, 0.1) is 0 Å². The van der Waals surface area contributed by atoms with Crippen LogP contribution in [0, 0.1) is 11.8 Å². The summed E-state index contributed by atoms with van der Waals surface area (Å²) in [4.78, 5) is 2.69. The van der Waals surface area contributed by atoms with Crippen molar-refractivity contribution in [3.05, 3.63) is 0 Å². The molecule has 0 spiro atoms. The molecule has 112 valence electrons. The van der Waals surface area contributed by atoms with Crippen molar-refractivity contribution in [2.24, 2.45) is 11.8 Å². The molecule has 0 bridgehead atoms. The van der Waals surface area contributed by atoms with E-state index < -0.39 is 0 Å². The summed E-state index contributed by atoms with van der Waals surface area (Å²) in [6.07, 6.45) is 7.87. The second-order valence-corrected chi connectivity index (χ2v) is 6.72. The number of nitrogens with one attached hydrogen (secondary N) is 1. The van der Waals surface area contributed by atoms with Crippen LogP contribution in [-0.2, 0) is 0 Å². The lowest BCUT2D eigenvalue weighted by molar-refractivity contribution is 0.0954. The zero-order valence-electron chi connectivity index (χ0n) is 12.8. The van der Waals surface area contributed by atoms with Gasteiger partial charge >= 0.3 is 0 Å². The van der Waals surface area contributed by atoms with Crippen LogP contribution in [0.3, 0.4) is 0 Å². The maximum absolute atomic E-state index is 8.90. The largest absolute Gasteiger partial charge is 0.396 e. The van der Waals surface area contributed by atoms with Crippen LogP contribution >= 0.6 is 0 Å². The van der Waals surface area contributed by atoms with Crippen LogP contribution < -0.4 is 5.32 Å². The van der Waals surface area contributed by atoms with E-state index in [1.54, 1.807) is 0 Å². The molecule has 1 aliphatic carbocycles. The minimum Gasteiger partial charge on any atom is -0.396 e. The molecule has 0 aromatic rings. The van der Waals surface area contributed by atoms with Crippen LogP contribution in [-0.4, -0.2) is 48.3 Å². The maximum atomic E-state index is 8.90. The Bertz CT molecular complexity index is 255. The van der Waals surface area contributed by atoms with Crippen LogP contribution in [0.2, 0.25) is 0 Å². The van der Waals surface area contributed by atoms with Gasteiger partial charge in [0, 0.05) is 31.8 Å². The van der Waals surface area contributed by atoms with Crippen molar-refractivity contribution < 1.29 is 5.11 Å². The highest BCUT2D eigenvalue weighted by atomic mass is 16.3. The van der Waals surface area contributed by atoms with Gasteiger partial charge in [0.15, 0.2) is 0 Å². The second kappa shape index (κ2) is 7.61. The first-order valence-corrected chi connectivity index (χ1v) is 8.31. The van der Waals surface area contributed by atoms with E-state index in [1.807, 2.05) is 0 Å². The SMILES string of the molecule is CCC(C)N1CC(CC2CC2)CC(NCCCO)C1. The molecular formula is C16H32N2O. The topological polar surface area (TPSA) is 35.5 Å². The molecule has 1 aliphatic heterocycles. The molecule has 3 nitrogen and oxygen atoms in total. The van der Waals surface area contributed by atoms with Gasteiger partial charge < -0.3 is 10.4 Å². The van der Waals surface area contributed by atoms with Gasteiger partial charge in [0.25, 0.3) is 0 Å². The standard InChI is InChI=1S/C16H32N2O/c1-3-13(2)18-11-15(9-14-5-6-14)10-16(12-18)17-7-4-8-19/h13-17,19H,3-12H2,1-2H3. The van der Waals surface area contributed by atoms with Crippen LogP contribution in [0.5, 0.6) is 0 Å². The summed E-state index contributed by atoms with van der Waals surface area (Å²) in [6.45, 7) is 8.44. The molecule has 3 atom stereocenters. The third-order valence-electron chi connectivity index (χ3n) is 4.91. The lowest BCUT2D eigenvalue weighted by Gasteiger charge is -2.41.